The van der Waals surface area contributed by atoms with Crippen LogP contribution in [0.5, 0.6) is 0 Å². The van der Waals surface area contributed by atoms with E-state index >= 15 is 0 Å². The van der Waals surface area contributed by atoms with Crippen LogP contribution in [-0.4, -0.2) is 64.5 Å². The lowest BCUT2D eigenvalue weighted by molar-refractivity contribution is -0.146. The number of carbonyl (C=O) groups is 5. The van der Waals surface area contributed by atoms with Crippen LogP contribution in [0.4, 0.5) is 4.79 Å². The molecule has 3 aliphatic carbocycles. The van der Waals surface area contributed by atoms with E-state index in [1.54, 1.807) is 4.90 Å². The highest BCUT2D eigenvalue weighted by Crippen LogP contribution is 2.65. The molecule has 9 heteroatoms. The van der Waals surface area contributed by atoms with Crippen molar-refractivity contribution in [1.29, 1.82) is 0 Å². The van der Waals surface area contributed by atoms with Gasteiger partial charge in [-0.15, -0.1) is 0 Å². The van der Waals surface area contributed by atoms with Crippen molar-refractivity contribution in [3.63, 3.8) is 0 Å². The smallest absolute Gasteiger partial charge is 0.315 e. The first-order valence-electron chi connectivity index (χ1n) is 15.3. The quantitative estimate of drug-likeness (QED) is 0.372. The Balaban J connectivity index is 1.59. The molecule has 3 saturated carbocycles. The first-order chi connectivity index (χ1) is 18.5. The summed E-state index contributed by atoms with van der Waals surface area (Å²) >= 11 is 0. The van der Waals surface area contributed by atoms with Crippen molar-refractivity contribution in [3.8, 4) is 0 Å². The number of nitrogens with zero attached hydrogens (tertiary/aromatic N) is 1. The Morgan fingerprint density at radius 1 is 0.925 bits per heavy atom. The van der Waals surface area contributed by atoms with Crippen LogP contribution < -0.4 is 16.0 Å². The maximum Gasteiger partial charge on any atom is 0.315 e. The minimum Gasteiger partial charge on any atom is -0.344 e. The summed E-state index contributed by atoms with van der Waals surface area (Å²) in [6, 6.07) is -2.76. The molecule has 0 radical (unpaired) electrons. The third kappa shape index (κ3) is 6.23. The zero-order chi connectivity index (χ0) is 29.6. The Bertz CT molecular complexity index is 1040. The number of amides is 4. The molecule has 1 aliphatic heterocycles. The Labute approximate surface area is 239 Å². The van der Waals surface area contributed by atoms with E-state index in [4.69, 9.17) is 0 Å². The van der Waals surface area contributed by atoms with Gasteiger partial charge in [-0.2, -0.15) is 0 Å². The molecule has 4 amide bonds. The largest absolute Gasteiger partial charge is 0.344 e. The number of fused-ring (bicyclic) bond motifs is 1. The van der Waals surface area contributed by atoms with Crippen molar-refractivity contribution in [3.05, 3.63) is 0 Å². The van der Waals surface area contributed by atoms with Gasteiger partial charge in [-0.3, -0.25) is 19.2 Å². The zero-order valence-corrected chi connectivity index (χ0v) is 25.5. The first-order valence-corrected chi connectivity index (χ1v) is 15.3. The zero-order valence-electron chi connectivity index (χ0n) is 25.5. The first kappa shape index (κ1) is 30.5. The third-order valence-electron chi connectivity index (χ3n) is 10.2. The molecular weight excluding hydrogens is 508 g/mol. The summed E-state index contributed by atoms with van der Waals surface area (Å²) in [6.07, 6.45) is 8.25. The van der Waals surface area contributed by atoms with Gasteiger partial charge in [-0.05, 0) is 68.6 Å². The number of carbonyl (C=O) groups excluding carboxylic acids is 5. The summed E-state index contributed by atoms with van der Waals surface area (Å²) in [5.74, 6) is -1.27. The standard InChI is InChI=1S/C31H50N4O5/c1-18(36)24(37)21(16-19-12-11-13-19)32-26(38)23-22-20(30(22,5)6)17-35(23)27(39)25(31(7)14-9-8-10-15-31)33-28(40)34-29(2,3)4/h19-23,25H,8-17H2,1-7H3,(H,32,38)(H2,33,34,40)/t20-,21?,22-,23-,25+/m0/s1. The van der Waals surface area contributed by atoms with E-state index in [1.807, 2.05) is 20.8 Å². The summed E-state index contributed by atoms with van der Waals surface area (Å²) in [7, 11) is 0. The highest BCUT2D eigenvalue weighted by molar-refractivity contribution is 6.38. The number of piperidine rings is 1. The molecule has 4 rings (SSSR count). The maximum atomic E-state index is 14.4. The van der Waals surface area contributed by atoms with E-state index in [0.717, 1.165) is 51.4 Å². The highest BCUT2D eigenvalue weighted by Gasteiger charge is 2.70. The average molecular weight is 559 g/mol. The fourth-order valence-electron chi connectivity index (χ4n) is 7.46. The molecule has 40 heavy (non-hydrogen) atoms. The number of urea groups is 1. The van der Waals surface area contributed by atoms with Gasteiger partial charge in [0.15, 0.2) is 5.78 Å². The topological polar surface area (TPSA) is 125 Å². The van der Waals surface area contributed by atoms with Gasteiger partial charge in [0.2, 0.25) is 17.6 Å². The molecule has 1 saturated heterocycles. The van der Waals surface area contributed by atoms with Crippen LogP contribution in [0.2, 0.25) is 0 Å². The molecule has 4 fully saturated rings. The second-order valence-corrected chi connectivity index (χ2v) is 14.9. The lowest BCUT2D eigenvalue weighted by Gasteiger charge is -2.43. The molecule has 0 aromatic carbocycles. The van der Waals surface area contributed by atoms with E-state index in [1.165, 1.54) is 6.92 Å². The van der Waals surface area contributed by atoms with Crippen LogP contribution in [-0.2, 0) is 19.2 Å². The molecule has 5 atom stereocenters. The number of nitrogens with one attached hydrogen (secondary N) is 3. The van der Waals surface area contributed by atoms with Crippen molar-refractivity contribution >= 4 is 29.4 Å². The minimum atomic E-state index is -0.865. The van der Waals surface area contributed by atoms with Crippen LogP contribution in [0.25, 0.3) is 0 Å². The molecule has 0 bridgehead atoms. The number of rotatable bonds is 9. The molecule has 0 spiro atoms. The Morgan fingerprint density at radius 2 is 1.55 bits per heavy atom. The van der Waals surface area contributed by atoms with Crippen molar-refractivity contribution in [1.82, 2.24) is 20.9 Å². The van der Waals surface area contributed by atoms with E-state index in [2.05, 4.69) is 36.7 Å². The fourth-order valence-corrected chi connectivity index (χ4v) is 7.46. The van der Waals surface area contributed by atoms with Crippen molar-refractivity contribution in [2.45, 2.75) is 130 Å². The van der Waals surface area contributed by atoms with Crippen LogP contribution in [0.3, 0.4) is 0 Å². The number of hydrogen-bond acceptors (Lipinski definition) is 5. The summed E-state index contributed by atoms with van der Waals surface area (Å²) in [6.45, 7) is 13.7. The number of hydrogen-bond donors (Lipinski definition) is 3. The van der Waals surface area contributed by atoms with Gasteiger partial charge in [0, 0.05) is 19.0 Å². The van der Waals surface area contributed by atoms with Crippen molar-refractivity contribution in [2.24, 2.45) is 28.6 Å². The van der Waals surface area contributed by atoms with E-state index in [0.29, 0.717) is 18.9 Å². The lowest BCUT2D eigenvalue weighted by Crippen LogP contribution is -2.63. The Kier molecular flexibility index (Phi) is 8.46. The highest BCUT2D eigenvalue weighted by atomic mass is 16.2. The van der Waals surface area contributed by atoms with Gasteiger partial charge in [-0.1, -0.05) is 59.3 Å². The lowest BCUT2D eigenvalue weighted by atomic mass is 9.70. The summed E-state index contributed by atoms with van der Waals surface area (Å²) in [4.78, 5) is 67.8. The second kappa shape index (κ2) is 11.1. The number of ketones is 2. The molecule has 1 unspecified atom stereocenters. The van der Waals surface area contributed by atoms with E-state index in [9.17, 15) is 24.0 Å². The molecule has 4 aliphatic rings. The summed E-state index contributed by atoms with van der Waals surface area (Å²) < 4.78 is 0. The van der Waals surface area contributed by atoms with Crippen molar-refractivity contribution in [2.75, 3.05) is 6.54 Å². The second-order valence-electron chi connectivity index (χ2n) is 14.9. The SMILES string of the molecule is CC(=O)C(=O)C(CC1CCC1)NC(=O)[C@@H]1[C@@H]2[C@H](CN1C(=O)[C@@H](NC(=O)NC(C)(C)C)C1(C)CCCCC1)C2(C)C. The van der Waals surface area contributed by atoms with Gasteiger partial charge < -0.3 is 20.9 Å². The van der Waals surface area contributed by atoms with Crippen LogP contribution >= 0.6 is 0 Å². The Morgan fingerprint density at radius 3 is 2.08 bits per heavy atom. The fraction of sp³-hybridized carbons (Fsp3) is 0.839. The molecule has 3 N–H and O–H groups in total. The van der Waals surface area contributed by atoms with Gasteiger partial charge >= 0.3 is 6.03 Å². The van der Waals surface area contributed by atoms with Crippen molar-refractivity contribution < 1.29 is 24.0 Å². The van der Waals surface area contributed by atoms with Crippen LogP contribution in [0.1, 0.15) is 106 Å². The summed E-state index contributed by atoms with van der Waals surface area (Å²) in [5, 5.41) is 8.85. The monoisotopic (exact) mass is 558 g/mol. The molecule has 1 heterocycles. The van der Waals surface area contributed by atoms with Gasteiger partial charge in [0.25, 0.3) is 0 Å². The maximum absolute atomic E-state index is 14.4. The molecule has 224 valence electrons. The van der Waals surface area contributed by atoms with Gasteiger partial charge in [-0.25, -0.2) is 4.79 Å². The third-order valence-corrected chi connectivity index (χ3v) is 10.2. The van der Waals surface area contributed by atoms with E-state index < -0.39 is 46.7 Å². The predicted octanol–water partition coefficient (Wildman–Crippen LogP) is 3.74. The Hall–Kier alpha value is -2.45. The normalized spacial score (nSPS) is 28.4. The van der Waals surface area contributed by atoms with Gasteiger partial charge in [0.1, 0.15) is 12.1 Å². The molecule has 9 nitrogen and oxygen atoms in total. The number of likely N-dealkylation sites (tertiary alicyclic amines) is 1. The number of Topliss-reactive ketones (excluding diaryl/α,β-unsaturated/α-hetero) is 2. The molecule has 0 aromatic rings. The van der Waals surface area contributed by atoms with Crippen LogP contribution in [0.15, 0.2) is 0 Å². The predicted molar refractivity (Wildman–Crippen MR) is 152 cm³/mol. The molecule has 0 aromatic heterocycles. The van der Waals surface area contributed by atoms with Gasteiger partial charge in [0.05, 0.1) is 6.04 Å². The summed E-state index contributed by atoms with van der Waals surface area (Å²) in [5.41, 5.74) is -0.995. The molecular formula is C31H50N4O5. The van der Waals surface area contributed by atoms with E-state index in [-0.39, 0.29) is 29.1 Å². The average Bonchev–Trinajstić information content (AvgIpc) is 3.14. The minimum absolute atomic E-state index is 0.0311. The van der Waals surface area contributed by atoms with Crippen LogP contribution in [0, 0.1) is 28.6 Å².